The fourth-order valence-electron chi connectivity index (χ4n) is 3.41. The van der Waals surface area contributed by atoms with Crippen LogP contribution in [-0.2, 0) is 27.4 Å². The second kappa shape index (κ2) is 10.4. The molecular formula is C26H27NO4. The van der Waals surface area contributed by atoms with Crippen LogP contribution < -0.4 is 10.1 Å². The zero-order valence-corrected chi connectivity index (χ0v) is 18.1. The number of aryl methyl sites for hydroxylation is 1. The SMILES string of the molecule is CCc1cccc(-c2cccc(COc3ccccc3C(NC(C)=O)C(=O)OC)c2)c1. The highest BCUT2D eigenvalue weighted by molar-refractivity contribution is 5.85. The van der Waals surface area contributed by atoms with Crippen molar-refractivity contribution in [3.05, 3.63) is 89.5 Å². The lowest BCUT2D eigenvalue weighted by Gasteiger charge is -2.19. The summed E-state index contributed by atoms with van der Waals surface area (Å²) >= 11 is 0. The molecule has 0 aliphatic carbocycles. The molecule has 0 aromatic heterocycles. The van der Waals surface area contributed by atoms with Crippen LogP contribution in [0.15, 0.2) is 72.8 Å². The molecule has 1 amide bonds. The van der Waals surface area contributed by atoms with Crippen LogP contribution in [0.25, 0.3) is 11.1 Å². The maximum Gasteiger partial charge on any atom is 0.333 e. The molecule has 31 heavy (non-hydrogen) atoms. The number of nitrogens with one attached hydrogen (secondary N) is 1. The van der Waals surface area contributed by atoms with E-state index in [1.54, 1.807) is 18.2 Å². The van der Waals surface area contributed by atoms with Gasteiger partial charge < -0.3 is 14.8 Å². The van der Waals surface area contributed by atoms with Crippen molar-refractivity contribution in [3.63, 3.8) is 0 Å². The van der Waals surface area contributed by atoms with Gasteiger partial charge in [-0.1, -0.05) is 67.6 Å². The van der Waals surface area contributed by atoms with Crippen molar-refractivity contribution in [1.82, 2.24) is 5.32 Å². The lowest BCUT2D eigenvalue weighted by atomic mass is 10.0. The van der Waals surface area contributed by atoms with E-state index in [1.807, 2.05) is 18.2 Å². The van der Waals surface area contributed by atoms with E-state index >= 15 is 0 Å². The van der Waals surface area contributed by atoms with Crippen molar-refractivity contribution >= 4 is 11.9 Å². The molecule has 3 aromatic rings. The van der Waals surface area contributed by atoms with Crippen LogP contribution in [-0.4, -0.2) is 19.0 Å². The lowest BCUT2D eigenvalue weighted by Crippen LogP contribution is -2.33. The van der Waals surface area contributed by atoms with E-state index in [9.17, 15) is 9.59 Å². The molecule has 0 aliphatic heterocycles. The van der Waals surface area contributed by atoms with Gasteiger partial charge in [-0.3, -0.25) is 4.79 Å². The predicted octanol–water partition coefficient (Wildman–Crippen LogP) is 4.85. The number of para-hydroxylation sites is 1. The first-order valence-corrected chi connectivity index (χ1v) is 10.3. The standard InChI is InChI=1S/C26H27NO4/c1-4-19-9-7-11-21(15-19)22-12-8-10-20(16-22)17-31-24-14-6-5-13-23(24)25(26(29)30-3)27-18(2)28/h5-16,25H,4,17H2,1-3H3,(H,27,28). The van der Waals surface area contributed by atoms with Crippen molar-refractivity contribution in [3.8, 4) is 16.9 Å². The van der Waals surface area contributed by atoms with Crippen molar-refractivity contribution in [2.45, 2.75) is 32.9 Å². The zero-order chi connectivity index (χ0) is 22.2. The molecule has 1 unspecified atom stereocenters. The summed E-state index contributed by atoms with van der Waals surface area (Å²) < 4.78 is 10.9. The van der Waals surface area contributed by atoms with Crippen LogP contribution in [0.3, 0.4) is 0 Å². The van der Waals surface area contributed by atoms with Gasteiger partial charge in [-0.25, -0.2) is 4.79 Å². The fraction of sp³-hybridized carbons (Fsp3) is 0.231. The van der Waals surface area contributed by atoms with Crippen LogP contribution in [0.2, 0.25) is 0 Å². The molecule has 0 bridgehead atoms. The van der Waals surface area contributed by atoms with Crippen LogP contribution in [0.4, 0.5) is 0 Å². The van der Waals surface area contributed by atoms with Crippen molar-refractivity contribution < 1.29 is 19.1 Å². The van der Waals surface area contributed by atoms with E-state index in [0.29, 0.717) is 17.9 Å². The average molecular weight is 418 g/mol. The Morgan fingerprint density at radius 3 is 2.19 bits per heavy atom. The van der Waals surface area contributed by atoms with Crippen molar-refractivity contribution in [2.75, 3.05) is 7.11 Å². The summed E-state index contributed by atoms with van der Waals surface area (Å²) in [6.45, 7) is 3.83. The summed E-state index contributed by atoms with van der Waals surface area (Å²) in [5.41, 5.74) is 5.13. The Morgan fingerprint density at radius 2 is 1.55 bits per heavy atom. The Kier molecular flexibility index (Phi) is 7.44. The van der Waals surface area contributed by atoms with Gasteiger partial charge in [0, 0.05) is 12.5 Å². The number of carbonyl (C=O) groups excluding carboxylic acids is 2. The second-order valence-corrected chi connectivity index (χ2v) is 7.24. The number of rotatable bonds is 8. The molecule has 160 valence electrons. The van der Waals surface area contributed by atoms with Gasteiger partial charge in [-0.2, -0.15) is 0 Å². The summed E-state index contributed by atoms with van der Waals surface area (Å²) in [6, 6.07) is 22.9. The third-order valence-corrected chi connectivity index (χ3v) is 5.00. The van der Waals surface area contributed by atoms with Gasteiger partial charge in [0.1, 0.15) is 12.4 Å². The Balaban J connectivity index is 1.82. The lowest BCUT2D eigenvalue weighted by molar-refractivity contribution is -0.145. The topological polar surface area (TPSA) is 64.6 Å². The molecule has 0 fully saturated rings. The van der Waals surface area contributed by atoms with E-state index in [-0.39, 0.29) is 5.91 Å². The Labute approximate surface area is 183 Å². The minimum absolute atomic E-state index is 0.326. The normalized spacial score (nSPS) is 11.5. The molecule has 1 N–H and O–H groups in total. The van der Waals surface area contributed by atoms with E-state index in [4.69, 9.17) is 9.47 Å². The maximum atomic E-state index is 12.2. The van der Waals surface area contributed by atoms with E-state index in [0.717, 1.165) is 23.1 Å². The minimum Gasteiger partial charge on any atom is -0.489 e. The maximum absolute atomic E-state index is 12.2. The van der Waals surface area contributed by atoms with Gasteiger partial charge >= 0.3 is 5.97 Å². The Hall–Kier alpha value is -3.60. The number of esters is 1. The highest BCUT2D eigenvalue weighted by Gasteiger charge is 2.25. The van der Waals surface area contributed by atoms with Gasteiger partial charge in [0.15, 0.2) is 6.04 Å². The number of methoxy groups -OCH3 is 1. The quantitative estimate of drug-likeness (QED) is 0.533. The second-order valence-electron chi connectivity index (χ2n) is 7.24. The summed E-state index contributed by atoms with van der Waals surface area (Å²) in [7, 11) is 1.29. The fourth-order valence-corrected chi connectivity index (χ4v) is 3.41. The van der Waals surface area contributed by atoms with Gasteiger partial charge in [-0.15, -0.1) is 0 Å². The summed E-state index contributed by atoms with van der Waals surface area (Å²) in [6.07, 6.45) is 0.989. The highest BCUT2D eigenvalue weighted by atomic mass is 16.5. The molecule has 5 heteroatoms. The number of amides is 1. The summed E-state index contributed by atoms with van der Waals surface area (Å²) in [5, 5.41) is 2.63. The molecule has 1 atom stereocenters. The van der Waals surface area contributed by atoms with Crippen LogP contribution in [0.1, 0.15) is 36.6 Å². The predicted molar refractivity (Wildman–Crippen MR) is 121 cm³/mol. The van der Waals surface area contributed by atoms with Crippen LogP contribution in [0, 0.1) is 0 Å². The first-order valence-electron chi connectivity index (χ1n) is 10.3. The van der Waals surface area contributed by atoms with Gasteiger partial charge in [0.05, 0.1) is 7.11 Å². The zero-order valence-electron chi connectivity index (χ0n) is 18.1. The molecule has 0 aliphatic rings. The third-order valence-electron chi connectivity index (χ3n) is 5.00. The number of hydrogen-bond donors (Lipinski definition) is 1. The number of carbonyl (C=O) groups is 2. The molecule has 0 saturated heterocycles. The smallest absolute Gasteiger partial charge is 0.333 e. The third kappa shape index (κ3) is 5.72. The number of benzene rings is 3. The molecule has 0 saturated carbocycles. The largest absolute Gasteiger partial charge is 0.489 e. The molecule has 0 heterocycles. The molecule has 3 rings (SSSR count). The Bertz CT molecular complexity index is 1060. The van der Waals surface area contributed by atoms with Crippen molar-refractivity contribution in [2.24, 2.45) is 0 Å². The minimum atomic E-state index is -0.929. The Morgan fingerprint density at radius 1 is 0.903 bits per heavy atom. The molecule has 0 radical (unpaired) electrons. The number of hydrogen-bond acceptors (Lipinski definition) is 4. The monoisotopic (exact) mass is 417 g/mol. The van der Waals surface area contributed by atoms with E-state index in [1.165, 1.54) is 19.6 Å². The number of ether oxygens (including phenoxy) is 2. The van der Waals surface area contributed by atoms with E-state index < -0.39 is 12.0 Å². The first-order chi connectivity index (χ1) is 15.0. The molecule has 3 aromatic carbocycles. The van der Waals surface area contributed by atoms with E-state index in [2.05, 4.69) is 48.6 Å². The molecular weight excluding hydrogens is 390 g/mol. The summed E-state index contributed by atoms with van der Waals surface area (Å²) in [5.74, 6) is -0.360. The van der Waals surface area contributed by atoms with Gasteiger partial charge in [0.25, 0.3) is 0 Å². The average Bonchev–Trinajstić information content (AvgIpc) is 2.81. The van der Waals surface area contributed by atoms with Gasteiger partial charge in [-0.05, 0) is 40.8 Å². The first kappa shape index (κ1) is 22.1. The van der Waals surface area contributed by atoms with Crippen LogP contribution in [0.5, 0.6) is 5.75 Å². The summed E-state index contributed by atoms with van der Waals surface area (Å²) in [4.78, 5) is 23.8. The van der Waals surface area contributed by atoms with Gasteiger partial charge in [0.2, 0.25) is 5.91 Å². The highest BCUT2D eigenvalue weighted by Crippen LogP contribution is 2.28. The molecule has 0 spiro atoms. The molecule has 5 nitrogen and oxygen atoms in total. The van der Waals surface area contributed by atoms with Crippen LogP contribution >= 0.6 is 0 Å². The van der Waals surface area contributed by atoms with Crippen molar-refractivity contribution in [1.29, 1.82) is 0 Å².